The Kier molecular flexibility index (Phi) is 5.77. The molecule has 1 amide bonds. The van der Waals surface area contributed by atoms with Crippen molar-refractivity contribution in [2.24, 2.45) is 14.1 Å². The van der Waals surface area contributed by atoms with E-state index < -0.39 is 17.2 Å². The fourth-order valence-electron chi connectivity index (χ4n) is 3.11. The largest absolute Gasteiger partial charge is 0.493 e. The third-order valence-corrected chi connectivity index (χ3v) is 4.73. The highest BCUT2D eigenvalue weighted by molar-refractivity contribution is 5.96. The van der Waals surface area contributed by atoms with Gasteiger partial charge in [0.25, 0.3) is 11.5 Å². The zero-order valence-corrected chi connectivity index (χ0v) is 17.3. The molecule has 0 aliphatic rings. The fourth-order valence-corrected chi connectivity index (χ4v) is 3.11. The van der Waals surface area contributed by atoms with E-state index in [-0.39, 0.29) is 23.1 Å². The van der Waals surface area contributed by atoms with Crippen LogP contribution in [-0.2, 0) is 20.6 Å². The van der Waals surface area contributed by atoms with Crippen molar-refractivity contribution in [2.75, 3.05) is 21.3 Å². The molecular formula is C20H22N4O6. The maximum absolute atomic E-state index is 12.6. The van der Waals surface area contributed by atoms with Gasteiger partial charge in [0.1, 0.15) is 5.65 Å². The van der Waals surface area contributed by atoms with Gasteiger partial charge in [0.2, 0.25) is 5.75 Å². The van der Waals surface area contributed by atoms with Gasteiger partial charge in [0, 0.05) is 26.8 Å². The number of benzene rings is 1. The van der Waals surface area contributed by atoms with Crippen LogP contribution in [0.3, 0.4) is 0 Å². The van der Waals surface area contributed by atoms with Crippen LogP contribution in [0.4, 0.5) is 0 Å². The molecule has 0 unspecified atom stereocenters. The minimum absolute atomic E-state index is 0.179. The fraction of sp³-hybridized carbons (Fsp3) is 0.300. The van der Waals surface area contributed by atoms with Crippen LogP contribution in [0.2, 0.25) is 0 Å². The van der Waals surface area contributed by atoms with E-state index in [9.17, 15) is 14.4 Å². The Bertz CT molecular complexity index is 1220. The number of carbonyl (C=O) groups excluding carboxylic acids is 1. The summed E-state index contributed by atoms with van der Waals surface area (Å²) in [6, 6.07) is 4.88. The minimum atomic E-state index is -0.514. The summed E-state index contributed by atoms with van der Waals surface area (Å²) in [4.78, 5) is 41.2. The number of methoxy groups -OCH3 is 3. The molecule has 1 aromatic carbocycles. The van der Waals surface area contributed by atoms with Gasteiger partial charge in [0.15, 0.2) is 11.5 Å². The van der Waals surface area contributed by atoms with E-state index in [0.717, 1.165) is 10.1 Å². The number of pyridine rings is 1. The number of aromatic nitrogens is 3. The molecule has 10 heteroatoms. The molecule has 1 N–H and O–H groups in total. The van der Waals surface area contributed by atoms with Gasteiger partial charge in [-0.1, -0.05) is 0 Å². The molecule has 10 nitrogen and oxygen atoms in total. The Balaban J connectivity index is 1.89. The van der Waals surface area contributed by atoms with Crippen molar-refractivity contribution in [1.29, 1.82) is 0 Å². The highest BCUT2D eigenvalue weighted by Gasteiger charge is 2.16. The van der Waals surface area contributed by atoms with Crippen LogP contribution < -0.4 is 30.8 Å². The normalized spacial score (nSPS) is 10.7. The predicted molar refractivity (Wildman–Crippen MR) is 109 cm³/mol. The first-order valence-corrected chi connectivity index (χ1v) is 8.95. The Morgan fingerprint density at radius 1 is 1.00 bits per heavy atom. The van der Waals surface area contributed by atoms with Crippen LogP contribution in [0.5, 0.6) is 17.2 Å². The van der Waals surface area contributed by atoms with Crippen molar-refractivity contribution >= 4 is 16.9 Å². The van der Waals surface area contributed by atoms with E-state index in [0.29, 0.717) is 17.2 Å². The van der Waals surface area contributed by atoms with Gasteiger partial charge in [0.05, 0.1) is 32.3 Å². The summed E-state index contributed by atoms with van der Waals surface area (Å²) in [6.07, 6.45) is 1.33. The number of nitrogens with zero attached hydrogens (tertiary/aromatic N) is 3. The molecular weight excluding hydrogens is 392 g/mol. The van der Waals surface area contributed by atoms with E-state index >= 15 is 0 Å². The summed E-state index contributed by atoms with van der Waals surface area (Å²) in [5.74, 6) is 0.972. The molecule has 2 aromatic heterocycles. The lowest BCUT2D eigenvalue weighted by Crippen LogP contribution is -2.37. The number of rotatable bonds is 6. The van der Waals surface area contributed by atoms with E-state index in [1.54, 1.807) is 12.1 Å². The summed E-state index contributed by atoms with van der Waals surface area (Å²) < 4.78 is 18.1. The average molecular weight is 414 g/mol. The maximum atomic E-state index is 12.6. The Morgan fingerprint density at radius 3 is 2.20 bits per heavy atom. The van der Waals surface area contributed by atoms with Gasteiger partial charge in [-0.3, -0.25) is 18.7 Å². The van der Waals surface area contributed by atoms with Crippen molar-refractivity contribution in [1.82, 2.24) is 19.4 Å². The van der Waals surface area contributed by atoms with Gasteiger partial charge >= 0.3 is 5.69 Å². The molecule has 0 bridgehead atoms. The molecule has 0 fully saturated rings. The topological polar surface area (TPSA) is 114 Å². The summed E-state index contributed by atoms with van der Waals surface area (Å²) in [5.41, 5.74) is 0.138. The molecule has 0 saturated carbocycles. The standard InChI is InChI=1S/C20H22N4O6/c1-23-17-13(19(26)24(2)20(23)27)8-12(10-21-17)18(25)22-9-11-6-14(28-3)16(30-5)15(7-11)29-4/h6-8,10H,9H2,1-5H3,(H,22,25). The van der Waals surface area contributed by atoms with Crippen molar-refractivity contribution in [3.05, 3.63) is 56.4 Å². The summed E-state index contributed by atoms with van der Waals surface area (Å²) in [6.45, 7) is 0.179. The second-order valence-electron chi connectivity index (χ2n) is 6.52. The van der Waals surface area contributed by atoms with Crippen molar-refractivity contribution in [3.8, 4) is 17.2 Å². The predicted octanol–water partition coefficient (Wildman–Crippen LogP) is 0.588. The van der Waals surface area contributed by atoms with Gasteiger partial charge in [-0.25, -0.2) is 9.78 Å². The number of aryl methyl sites for hydroxylation is 1. The molecule has 0 spiro atoms. The van der Waals surface area contributed by atoms with Crippen LogP contribution in [-0.4, -0.2) is 41.4 Å². The summed E-state index contributed by atoms with van der Waals surface area (Å²) >= 11 is 0. The minimum Gasteiger partial charge on any atom is -0.493 e. The number of nitrogens with one attached hydrogen (secondary N) is 1. The van der Waals surface area contributed by atoms with Gasteiger partial charge in [-0.05, 0) is 23.8 Å². The zero-order chi connectivity index (χ0) is 22.0. The van der Waals surface area contributed by atoms with Gasteiger partial charge in [-0.2, -0.15) is 0 Å². The lowest BCUT2D eigenvalue weighted by molar-refractivity contribution is 0.0950. The lowest BCUT2D eigenvalue weighted by Gasteiger charge is -2.14. The third kappa shape index (κ3) is 3.59. The van der Waals surface area contributed by atoms with Gasteiger partial charge in [-0.15, -0.1) is 0 Å². The number of hydrogen-bond donors (Lipinski definition) is 1. The first kappa shape index (κ1) is 20.9. The van der Waals surface area contributed by atoms with E-state index in [1.165, 1.54) is 52.3 Å². The SMILES string of the molecule is COc1cc(CNC(=O)c2cnc3c(c2)c(=O)n(C)c(=O)n3C)cc(OC)c1OC. The molecule has 2 heterocycles. The lowest BCUT2D eigenvalue weighted by atomic mass is 10.1. The highest BCUT2D eigenvalue weighted by Crippen LogP contribution is 2.38. The number of carbonyl (C=O) groups is 1. The third-order valence-electron chi connectivity index (χ3n) is 4.73. The highest BCUT2D eigenvalue weighted by atomic mass is 16.5. The van der Waals surface area contributed by atoms with Crippen LogP contribution in [0.1, 0.15) is 15.9 Å². The first-order chi connectivity index (χ1) is 14.3. The number of hydrogen-bond acceptors (Lipinski definition) is 7. The molecule has 3 aromatic rings. The molecule has 0 saturated heterocycles. The summed E-state index contributed by atoms with van der Waals surface area (Å²) in [7, 11) is 7.42. The van der Waals surface area contributed by atoms with Crippen molar-refractivity contribution in [3.63, 3.8) is 0 Å². The molecule has 0 atom stereocenters. The van der Waals surface area contributed by atoms with Gasteiger partial charge < -0.3 is 19.5 Å². The second kappa shape index (κ2) is 8.27. The van der Waals surface area contributed by atoms with Crippen LogP contribution >= 0.6 is 0 Å². The smallest absolute Gasteiger partial charge is 0.332 e. The molecule has 3 rings (SSSR count). The number of ether oxygens (including phenoxy) is 3. The molecule has 0 radical (unpaired) electrons. The number of fused-ring (bicyclic) bond motifs is 1. The van der Waals surface area contributed by atoms with Crippen LogP contribution in [0, 0.1) is 0 Å². The Labute approximate surface area is 171 Å². The quantitative estimate of drug-likeness (QED) is 0.628. The first-order valence-electron chi connectivity index (χ1n) is 8.95. The molecule has 30 heavy (non-hydrogen) atoms. The second-order valence-corrected chi connectivity index (χ2v) is 6.52. The number of amides is 1. The molecule has 0 aliphatic carbocycles. The monoisotopic (exact) mass is 414 g/mol. The van der Waals surface area contributed by atoms with Crippen LogP contribution in [0.15, 0.2) is 34.0 Å². The van der Waals surface area contributed by atoms with Crippen molar-refractivity contribution in [2.45, 2.75) is 6.54 Å². The van der Waals surface area contributed by atoms with Crippen molar-refractivity contribution < 1.29 is 19.0 Å². The molecule has 0 aliphatic heterocycles. The van der Waals surface area contributed by atoms with E-state index in [4.69, 9.17) is 14.2 Å². The maximum Gasteiger partial charge on any atom is 0.332 e. The average Bonchev–Trinajstić information content (AvgIpc) is 2.78. The zero-order valence-electron chi connectivity index (χ0n) is 17.3. The Hall–Kier alpha value is -3.82. The van der Waals surface area contributed by atoms with Crippen LogP contribution in [0.25, 0.3) is 11.0 Å². The van der Waals surface area contributed by atoms with E-state index in [2.05, 4.69) is 10.3 Å². The molecule has 158 valence electrons. The van der Waals surface area contributed by atoms with E-state index in [1.807, 2.05) is 0 Å². The summed E-state index contributed by atoms with van der Waals surface area (Å²) in [5, 5.41) is 2.95. The Morgan fingerprint density at radius 2 is 1.63 bits per heavy atom.